The molecule has 14 heavy (non-hydrogen) atoms. The highest BCUT2D eigenvalue weighted by Crippen LogP contribution is 2.09. The summed E-state index contributed by atoms with van der Waals surface area (Å²) in [5.41, 5.74) is 5.35. The molecule has 0 aliphatic heterocycles. The van der Waals surface area contributed by atoms with Gasteiger partial charge < -0.3 is 16.2 Å². The molecular weight excluding hydrogens is 184 g/mol. The standard InChI is InChI=1S/C8H12N4O2/c1-2-3-10-8-11-4-5(7(13)14)6(9)12-8/h4H,2-3H2,1H3,(H,13,14)(H3,9,10,11,12). The van der Waals surface area contributed by atoms with Crippen LogP contribution in [0.5, 0.6) is 0 Å². The van der Waals surface area contributed by atoms with Crippen LogP contribution in [0.2, 0.25) is 0 Å². The van der Waals surface area contributed by atoms with Crippen LogP contribution in [0.25, 0.3) is 0 Å². The molecule has 0 aliphatic carbocycles. The summed E-state index contributed by atoms with van der Waals surface area (Å²) in [4.78, 5) is 18.2. The molecule has 1 rings (SSSR count). The Labute approximate surface area is 81.2 Å². The van der Waals surface area contributed by atoms with Crippen molar-refractivity contribution in [3.8, 4) is 0 Å². The van der Waals surface area contributed by atoms with E-state index in [0.29, 0.717) is 5.95 Å². The van der Waals surface area contributed by atoms with Crippen molar-refractivity contribution in [2.75, 3.05) is 17.6 Å². The number of hydrogen-bond acceptors (Lipinski definition) is 5. The van der Waals surface area contributed by atoms with E-state index in [-0.39, 0.29) is 11.4 Å². The van der Waals surface area contributed by atoms with Gasteiger partial charge in [-0.05, 0) is 6.42 Å². The van der Waals surface area contributed by atoms with Crippen molar-refractivity contribution in [1.82, 2.24) is 9.97 Å². The molecule has 1 aromatic heterocycles. The lowest BCUT2D eigenvalue weighted by atomic mass is 10.3. The second-order valence-corrected chi connectivity index (χ2v) is 2.72. The first kappa shape index (κ1) is 10.2. The van der Waals surface area contributed by atoms with E-state index in [9.17, 15) is 4.79 Å². The van der Waals surface area contributed by atoms with Crippen molar-refractivity contribution in [3.63, 3.8) is 0 Å². The Hall–Kier alpha value is -1.85. The lowest BCUT2D eigenvalue weighted by molar-refractivity contribution is 0.0697. The van der Waals surface area contributed by atoms with Crippen molar-refractivity contribution < 1.29 is 9.90 Å². The lowest BCUT2D eigenvalue weighted by Gasteiger charge is -2.04. The summed E-state index contributed by atoms with van der Waals surface area (Å²) >= 11 is 0. The molecule has 76 valence electrons. The van der Waals surface area contributed by atoms with Crippen LogP contribution in [0, 0.1) is 0 Å². The number of carboxylic acids is 1. The number of anilines is 2. The zero-order valence-corrected chi connectivity index (χ0v) is 7.82. The van der Waals surface area contributed by atoms with E-state index >= 15 is 0 Å². The van der Waals surface area contributed by atoms with Gasteiger partial charge in [-0.2, -0.15) is 4.98 Å². The fourth-order valence-electron chi connectivity index (χ4n) is 0.882. The number of nitrogens with one attached hydrogen (secondary N) is 1. The van der Waals surface area contributed by atoms with E-state index in [1.165, 1.54) is 6.20 Å². The minimum absolute atomic E-state index is 0.0221. The molecule has 0 unspecified atom stereocenters. The maximum Gasteiger partial charge on any atom is 0.341 e. The highest BCUT2D eigenvalue weighted by Gasteiger charge is 2.09. The smallest absolute Gasteiger partial charge is 0.341 e. The second kappa shape index (κ2) is 4.40. The van der Waals surface area contributed by atoms with Crippen LogP contribution in [0.3, 0.4) is 0 Å². The number of nitrogens with two attached hydrogens (primary N) is 1. The normalized spacial score (nSPS) is 9.79. The molecule has 6 heteroatoms. The van der Waals surface area contributed by atoms with E-state index in [0.717, 1.165) is 13.0 Å². The maximum atomic E-state index is 10.6. The van der Waals surface area contributed by atoms with E-state index in [1.807, 2.05) is 6.92 Å². The Morgan fingerprint density at radius 1 is 1.71 bits per heavy atom. The summed E-state index contributed by atoms with van der Waals surface area (Å²) in [6.07, 6.45) is 2.13. The molecule has 6 nitrogen and oxygen atoms in total. The predicted octanol–water partition coefficient (Wildman–Crippen LogP) is 0.579. The fourth-order valence-corrected chi connectivity index (χ4v) is 0.882. The van der Waals surface area contributed by atoms with E-state index < -0.39 is 5.97 Å². The quantitative estimate of drug-likeness (QED) is 0.651. The number of carbonyl (C=O) groups is 1. The van der Waals surface area contributed by atoms with Gasteiger partial charge in [0.2, 0.25) is 5.95 Å². The molecule has 0 aliphatic rings. The molecule has 4 N–H and O–H groups in total. The third-order valence-electron chi connectivity index (χ3n) is 1.58. The first-order chi connectivity index (χ1) is 6.65. The van der Waals surface area contributed by atoms with Gasteiger partial charge in [-0.1, -0.05) is 6.92 Å². The maximum absolute atomic E-state index is 10.6. The third-order valence-corrected chi connectivity index (χ3v) is 1.58. The molecule has 1 aromatic rings. The van der Waals surface area contributed by atoms with Crippen molar-refractivity contribution in [3.05, 3.63) is 11.8 Å². The van der Waals surface area contributed by atoms with E-state index in [4.69, 9.17) is 10.8 Å². The predicted molar refractivity (Wildman–Crippen MR) is 52.2 cm³/mol. The number of aromatic carboxylic acids is 1. The highest BCUT2D eigenvalue weighted by atomic mass is 16.4. The zero-order chi connectivity index (χ0) is 10.6. The summed E-state index contributed by atoms with van der Waals surface area (Å²) in [6.45, 7) is 2.73. The van der Waals surface area contributed by atoms with Gasteiger partial charge in [-0.15, -0.1) is 0 Å². The fraction of sp³-hybridized carbons (Fsp3) is 0.375. The van der Waals surface area contributed by atoms with Gasteiger partial charge in [0.25, 0.3) is 0 Å². The summed E-state index contributed by atoms with van der Waals surface area (Å²) in [5, 5.41) is 11.6. The molecule has 0 aromatic carbocycles. The molecular formula is C8H12N4O2. The monoisotopic (exact) mass is 196 g/mol. The third kappa shape index (κ3) is 2.32. The summed E-state index contributed by atoms with van der Waals surface area (Å²) in [6, 6.07) is 0. The van der Waals surface area contributed by atoms with Crippen molar-refractivity contribution in [2.45, 2.75) is 13.3 Å². The highest BCUT2D eigenvalue weighted by molar-refractivity contribution is 5.92. The molecule has 0 spiro atoms. The Bertz CT molecular complexity index is 340. The molecule has 1 heterocycles. The lowest BCUT2D eigenvalue weighted by Crippen LogP contribution is -2.10. The van der Waals surface area contributed by atoms with Gasteiger partial charge in [-0.3, -0.25) is 0 Å². The van der Waals surface area contributed by atoms with Crippen molar-refractivity contribution in [2.24, 2.45) is 0 Å². The van der Waals surface area contributed by atoms with E-state index in [2.05, 4.69) is 15.3 Å². The minimum atomic E-state index is -1.12. The average molecular weight is 196 g/mol. The zero-order valence-electron chi connectivity index (χ0n) is 7.82. The number of nitrogens with zero attached hydrogens (tertiary/aromatic N) is 2. The van der Waals surface area contributed by atoms with Gasteiger partial charge in [0.1, 0.15) is 11.4 Å². The molecule has 0 amide bonds. The number of nitrogen functional groups attached to an aromatic ring is 1. The van der Waals surface area contributed by atoms with Crippen LogP contribution < -0.4 is 11.1 Å². The molecule has 0 saturated heterocycles. The number of aromatic nitrogens is 2. The Kier molecular flexibility index (Phi) is 3.22. The first-order valence-electron chi connectivity index (χ1n) is 4.24. The first-order valence-corrected chi connectivity index (χ1v) is 4.24. The molecule has 0 atom stereocenters. The molecule has 0 bridgehead atoms. The van der Waals surface area contributed by atoms with Crippen LogP contribution in [0.15, 0.2) is 6.20 Å². The number of rotatable bonds is 4. The molecule has 0 radical (unpaired) electrons. The van der Waals surface area contributed by atoms with Crippen molar-refractivity contribution in [1.29, 1.82) is 0 Å². The van der Waals surface area contributed by atoms with Crippen LogP contribution >= 0.6 is 0 Å². The van der Waals surface area contributed by atoms with Crippen LogP contribution in [-0.4, -0.2) is 27.6 Å². The van der Waals surface area contributed by atoms with E-state index in [1.54, 1.807) is 0 Å². The minimum Gasteiger partial charge on any atom is -0.477 e. The summed E-state index contributed by atoms with van der Waals surface area (Å²) in [5.74, 6) is -0.787. The summed E-state index contributed by atoms with van der Waals surface area (Å²) < 4.78 is 0. The average Bonchev–Trinajstić information content (AvgIpc) is 2.14. The van der Waals surface area contributed by atoms with Crippen LogP contribution in [0.4, 0.5) is 11.8 Å². The number of carboxylic acid groups (broad SMARTS) is 1. The summed E-state index contributed by atoms with van der Waals surface area (Å²) in [7, 11) is 0. The Morgan fingerprint density at radius 2 is 2.43 bits per heavy atom. The van der Waals surface area contributed by atoms with Gasteiger partial charge in [0.05, 0.1) is 0 Å². The number of hydrogen-bond donors (Lipinski definition) is 3. The largest absolute Gasteiger partial charge is 0.477 e. The van der Waals surface area contributed by atoms with Gasteiger partial charge in [0, 0.05) is 12.7 Å². The Balaban J connectivity index is 2.83. The van der Waals surface area contributed by atoms with Crippen LogP contribution in [-0.2, 0) is 0 Å². The molecule has 0 fully saturated rings. The Morgan fingerprint density at radius 3 is 2.93 bits per heavy atom. The topological polar surface area (TPSA) is 101 Å². The van der Waals surface area contributed by atoms with Gasteiger partial charge in [0.15, 0.2) is 0 Å². The molecule has 0 saturated carbocycles. The van der Waals surface area contributed by atoms with Gasteiger partial charge in [-0.25, -0.2) is 9.78 Å². The van der Waals surface area contributed by atoms with Crippen molar-refractivity contribution >= 4 is 17.7 Å². The second-order valence-electron chi connectivity index (χ2n) is 2.72. The SMILES string of the molecule is CCCNc1ncc(C(=O)O)c(N)n1. The van der Waals surface area contributed by atoms with Crippen LogP contribution in [0.1, 0.15) is 23.7 Å². The van der Waals surface area contributed by atoms with Gasteiger partial charge >= 0.3 is 5.97 Å².